The van der Waals surface area contributed by atoms with Gasteiger partial charge in [0.1, 0.15) is 11.5 Å². The number of hydrogen-bond acceptors (Lipinski definition) is 3. The second-order valence-corrected chi connectivity index (χ2v) is 5.20. The third-order valence-electron chi connectivity index (χ3n) is 2.85. The molecule has 0 atom stereocenters. The van der Waals surface area contributed by atoms with Crippen LogP contribution in [0.15, 0.2) is 45.9 Å². The van der Waals surface area contributed by atoms with Crippen molar-refractivity contribution in [1.29, 1.82) is 0 Å². The Balaban J connectivity index is 2.27. The van der Waals surface area contributed by atoms with Gasteiger partial charge in [-0.1, -0.05) is 0 Å². The van der Waals surface area contributed by atoms with Gasteiger partial charge in [-0.3, -0.25) is 4.99 Å². The summed E-state index contributed by atoms with van der Waals surface area (Å²) in [6.07, 6.45) is -3.02. The monoisotopic (exact) mass is 373 g/mol. The lowest BCUT2D eigenvalue weighted by Gasteiger charge is -2.07. The van der Waals surface area contributed by atoms with E-state index in [0.29, 0.717) is 21.5 Å². The Kier molecular flexibility index (Phi) is 4.75. The van der Waals surface area contributed by atoms with Gasteiger partial charge in [0.25, 0.3) is 0 Å². The highest BCUT2D eigenvalue weighted by Crippen LogP contribution is 2.33. The molecule has 0 aliphatic carbocycles. The molecule has 7 heteroatoms. The van der Waals surface area contributed by atoms with Crippen LogP contribution in [0.1, 0.15) is 11.1 Å². The van der Waals surface area contributed by atoms with Crippen molar-refractivity contribution in [3.8, 4) is 11.5 Å². The molecule has 2 aromatic rings. The molecule has 0 radical (unpaired) electrons. The van der Waals surface area contributed by atoms with Crippen LogP contribution >= 0.6 is 15.9 Å². The second-order valence-electron chi connectivity index (χ2n) is 4.35. The highest BCUT2D eigenvalue weighted by Gasteiger charge is 2.29. The summed E-state index contributed by atoms with van der Waals surface area (Å²) in [5.74, 6) is 0.481. The summed E-state index contributed by atoms with van der Waals surface area (Å²) >= 11 is 3.18. The lowest BCUT2D eigenvalue weighted by atomic mass is 10.2. The average molecular weight is 374 g/mol. The third kappa shape index (κ3) is 3.79. The van der Waals surface area contributed by atoms with Gasteiger partial charge in [-0.15, -0.1) is 0 Å². The molecule has 0 aliphatic heterocycles. The molecule has 1 N–H and O–H groups in total. The summed E-state index contributed by atoms with van der Waals surface area (Å²) in [7, 11) is 1.48. The molecule has 0 heterocycles. The lowest BCUT2D eigenvalue weighted by molar-refractivity contribution is -0.137. The number of halogens is 4. The van der Waals surface area contributed by atoms with Gasteiger partial charge < -0.3 is 9.84 Å². The van der Waals surface area contributed by atoms with Gasteiger partial charge in [0.15, 0.2) is 0 Å². The third-order valence-corrected chi connectivity index (χ3v) is 3.45. The molecule has 0 fully saturated rings. The average Bonchev–Trinajstić information content (AvgIpc) is 2.48. The van der Waals surface area contributed by atoms with E-state index in [4.69, 9.17) is 4.74 Å². The first kappa shape index (κ1) is 16.4. The Labute approximate surface area is 133 Å². The van der Waals surface area contributed by atoms with Crippen molar-refractivity contribution in [2.24, 2.45) is 4.99 Å². The van der Waals surface area contributed by atoms with Crippen molar-refractivity contribution in [3.05, 3.63) is 52.0 Å². The summed E-state index contributed by atoms with van der Waals surface area (Å²) in [5.41, 5.74) is -0.0177. The Morgan fingerprint density at radius 1 is 1.18 bits per heavy atom. The summed E-state index contributed by atoms with van der Waals surface area (Å²) in [6.45, 7) is 0. The molecule has 0 spiro atoms. The number of alkyl halides is 3. The largest absolute Gasteiger partial charge is 0.506 e. The number of benzene rings is 2. The predicted molar refractivity (Wildman–Crippen MR) is 81.1 cm³/mol. The molecule has 116 valence electrons. The summed E-state index contributed by atoms with van der Waals surface area (Å²) in [4.78, 5) is 4.05. The minimum Gasteiger partial charge on any atom is -0.506 e. The number of hydrogen-bond donors (Lipinski definition) is 1. The van der Waals surface area contributed by atoms with E-state index in [1.807, 2.05) is 0 Å². The summed E-state index contributed by atoms with van der Waals surface area (Å²) in [6, 6.07) is 7.57. The fraction of sp³-hybridized carbons (Fsp3) is 0.133. The minimum absolute atomic E-state index is 0.0311. The van der Waals surface area contributed by atoms with E-state index in [1.54, 1.807) is 12.1 Å². The van der Waals surface area contributed by atoms with Gasteiger partial charge in [-0.2, -0.15) is 13.2 Å². The van der Waals surface area contributed by atoms with Crippen molar-refractivity contribution in [3.63, 3.8) is 0 Å². The molecule has 0 unspecified atom stereocenters. The molecule has 0 saturated carbocycles. The van der Waals surface area contributed by atoms with Crippen LogP contribution in [0, 0.1) is 0 Å². The molecule has 0 aromatic heterocycles. The Morgan fingerprint density at radius 3 is 2.36 bits per heavy atom. The first-order valence-corrected chi connectivity index (χ1v) is 6.88. The Morgan fingerprint density at radius 2 is 1.82 bits per heavy atom. The number of ether oxygens (including phenoxy) is 1. The molecular formula is C15H11BrF3NO2. The molecule has 2 aromatic carbocycles. The van der Waals surface area contributed by atoms with E-state index in [2.05, 4.69) is 20.9 Å². The van der Waals surface area contributed by atoms with Crippen LogP contribution < -0.4 is 4.74 Å². The van der Waals surface area contributed by atoms with Gasteiger partial charge in [0.2, 0.25) is 0 Å². The molecule has 2 rings (SSSR count). The fourth-order valence-electron chi connectivity index (χ4n) is 1.69. The van der Waals surface area contributed by atoms with E-state index in [-0.39, 0.29) is 5.75 Å². The number of nitrogens with zero attached hydrogens (tertiary/aromatic N) is 1. The zero-order valence-corrected chi connectivity index (χ0v) is 12.9. The van der Waals surface area contributed by atoms with Crippen molar-refractivity contribution in [1.82, 2.24) is 0 Å². The molecule has 0 aliphatic rings. The van der Waals surface area contributed by atoms with Gasteiger partial charge >= 0.3 is 6.18 Å². The van der Waals surface area contributed by atoms with Crippen molar-refractivity contribution in [2.75, 3.05) is 7.11 Å². The van der Waals surface area contributed by atoms with Gasteiger partial charge in [0.05, 0.1) is 22.8 Å². The van der Waals surface area contributed by atoms with Crippen LogP contribution in [0.4, 0.5) is 18.9 Å². The normalized spacial score (nSPS) is 11.9. The second kappa shape index (κ2) is 6.39. The standard InChI is InChI=1S/C15H11BrF3NO2/c1-22-12-6-9(14(21)13(16)7-12)8-20-11-4-2-10(3-5-11)15(17,18)19/h2-8,21H,1H3/b20-8+. The predicted octanol–water partition coefficient (Wildman–Crippen LogP) is 4.93. The topological polar surface area (TPSA) is 41.8 Å². The minimum atomic E-state index is -4.38. The maximum Gasteiger partial charge on any atom is 0.416 e. The molecule has 3 nitrogen and oxygen atoms in total. The first-order valence-electron chi connectivity index (χ1n) is 6.09. The Hall–Kier alpha value is -2.02. The van der Waals surface area contributed by atoms with Crippen LogP contribution in [0.2, 0.25) is 0 Å². The van der Waals surface area contributed by atoms with Crippen molar-refractivity contribution in [2.45, 2.75) is 6.18 Å². The maximum atomic E-state index is 12.5. The quantitative estimate of drug-likeness (QED) is 0.774. The molecule has 0 amide bonds. The summed E-state index contributed by atoms with van der Waals surface area (Å²) < 4.78 is 42.9. The van der Waals surface area contributed by atoms with E-state index in [1.165, 1.54) is 25.5 Å². The maximum absolute atomic E-state index is 12.5. The van der Waals surface area contributed by atoms with Gasteiger partial charge in [-0.25, -0.2) is 0 Å². The molecule has 0 bridgehead atoms. The number of aliphatic imine (C=N–C) groups is 1. The van der Waals surface area contributed by atoms with Crippen LogP contribution in [-0.2, 0) is 6.18 Å². The van der Waals surface area contributed by atoms with E-state index < -0.39 is 11.7 Å². The Bertz CT molecular complexity index is 697. The zero-order valence-electron chi connectivity index (χ0n) is 11.4. The van der Waals surface area contributed by atoms with Crippen LogP contribution in [0.5, 0.6) is 11.5 Å². The summed E-state index contributed by atoms with van der Waals surface area (Å²) in [5, 5.41) is 9.90. The van der Waals surface area contributed by atoms with E-state index >= 15 is 0 Å². The number of aromatic hydroxyl groups is 1. The van der Waals surface area contributed by atoms with Crippen LogP contribution in [-0.4, -0.2) is 18.4 Å². The zero-order chi connectivity index (χ0) is 16.3. The molecular weight excluding hydrogens is 363 g/mol. The SMILES string of the molecule is COc1cc(Br)c(O)c(/C=N/c2ccc(C(F)(F)F)cc2)c1. The van der Waals surface area contributed by atoms with E-state index in [9.17, 15) is 18.3 Å². The number of phenolic OH excluding ortho intramolecular Hbond substituents is 1. The van der Waals surface area contributed by atoms with Crippen molar-refractivity contribution < 1.29 is 23.0 Å². The molecule has 0 saturated heterocycles. The molecule has 22 heavy (non-hydrogen) atoms. The highest BCUT2D eigenvalue weighted by molar-refractivity contribution is 9.10. The van der Waals surface area contributed by atoms with Crippen LogP contribution in [0.3, 0.4) is 0 Å². The lowest BCUT2D eigenvalue weighted by Crippen LogP contribution is -2.03. The highest BCUT2D eigenvalue weighted by atomic mass is 79.9. The van der Waals surface area contributed by atoms with E-state index in [0.717, 1.165) is 12.1 Å². The fourth-order valence-corrected chi connectivity index (χ4v) is 2.15. The number of phenols is 1. The van der Waals surface area contributed by atoms with Gasteiger partial charge in [0, 0.05) is 11.8 Å². The van der Waals surface area contributed by atoms with Crippen LogP contribution in [0.25, 0.3) is 0 Å². The smallest absolute Gasteiger partial charge is 0.416 e. The van der Waals surface area contributed by atoms with Crippen molar-refractivity contribution >= 4 is 27.8 Å². The number of methoxy groups -OCH3 is 1. The van der Waals surface area contributed by atoms with Gasteiger partial charge in [-0.05, 0) is 52.3 Å². The first-order chi connectivity index (χ1) is 10.3. The number of rotatable bonds is 3.